The fourth-order valence-electron chi connectivity index (χ4n) is 2.21. The van der Waals surface area contributed by atoms with Crippen molar-refractivity contribution in [3.63, 3.8) is 0 Å². The first-order valence-electron chi connectivity index (χ1n) is 6.78. The second-order valence-electron chi connectivity index (χ2n) is 5.04. The molecule has 2 N–H and O–H groups in total. The van der Waals surface area contributed by atoms with Gasteiger partial charge >= 0.3 is 0 Å². The van der Waals surface area contributed by atoms with E-state index >= 15 is 0 Å². The van der Waals surface area contributed by atoms with E-state index in [1.165, 1.54) is 0 Å². The summed E-state index contributed by atoms with van der Waals surface area (Å²) in [6, 6.07) is 9.70. The molecule has 0 saturated heterocycles. The summed E-state index contributed by atoms with van der Waals surface area (Å²) in [5.74, 6) is 1.59. The van der Waals surface area contributed by atoms with Crippen LogP contribution in [0.5, 0.6) is 0 Å². The number of rotatable bonds is 4. The van der Waals surface area contributed by atoms with E-state index in [-0.39, 0.29) is 12.0 Å². The van der Waals surface area contributed by atoms with Gasteiger partial charge in [-0.05, 0) is 5.56 Å². The molecular formula is C15H17N5O. The van der Waals surface area contributed by atoms with E-state index in [1.54, 1.807) is 6.20 Å². The Morgan fingerprint density at radius 3 is 2.67 bits per heavy atom. The van der Waals surface area contributed by atoms with Gasteiger partial charge in [-0.2, -0.15) is 4.98 Å². The van der Waals surface area contributed by atoms with E-state index in [9.17, 15) is 0 Å². The van der Waals surface area contributed by atoms with Crippen molar-refractivity contribution in [2.75, 3.05) is 0 Å². The highest BCUT2D eigenvalue weighted by Crippen LogP contribution is 2.28. The molecule has 0 radical (unpaired) electrons. The van der Waals surface area contributed by atoms with Crippen LogP contribution in [0.25, 0.3) is 11.6 Å². The lowest BCUT2D eigenvalue weighted by molar-refractivity contribution is 0.343. The molecule has 6 nitrogen and oxygen atoms in total. The molecule has 2 unspecified atom stereocenters. The van der Waals surface area contributed by atoms with Crippen molar-refractivity contribution in [1.82, 2.24) is 19.7 Å². The van der Waals surface area contributed by atoms with E-state index in [2.05, 4.69) is 15.1 Å². The molecule has 3 rings (SSSR count). The van der Waals surface area contributed by atoms with Gasteiger partial charge in [0, 0.05) is 25.5 Å². The summed E-state index contributed by atoms with van der Waals surface area (Å²) in [6.45, 7) is 1.98. The molecule has 0 bridgehead atoms. The van der Waals surface area contributed by atoms with Gasteiger partial charge in [0.1, 0.15) is 0 Å². The summed E-state index contributed by atoms with van der Waals surface area (Å²) in [7, 11) is 1.89. The van der Waals surface area contributed by atoms with E-state index in [4.69, 9.17) is 10.3 Å². The predicted molar refractivity (Wildman–Crippen MR) is 78.3 cm³/mol. The van der Waals surface area contributed by atoms with Gasteiger partial charge in [0.05, 0.1) is 5.92 Å². The minimum absolute atomic E-state index is 0.0751. The lowest BCUT2D eigenvalue weighted by atomic mass is 9.95. The van der Waals surface area contributed by atoms with Crippen LogP contribution in [0.3, 0.4) is 0 Å². The number of hydrogen-bond donors (Lipinski definition) is 1. The van der Waals surface area contributed by atoms with Crippen LogP contribution in [-0.4, -0.2) is 19.7 Å². The van der Waals surface area contributed by atoms with E-state index in [1.807, 2.05) is 55.1 Å². The monoisotopic (exact) mass is 283 g/mol. The molecule has 0 aliphatic heterocycles. The van der Waals surface area contributed by atoms with Crippen LogP contribution < -0.4 is 5.73 Å². The molecule has 6 heteroatoms. The molecule has 0 fully saturated rings. The smallest absolute Gasteiger partial charge is 0.238 e. The number of hydrogen-bond acceptors (Lipinski definition) is 5. The van der Waals surface area contributed by atoms with Crippen LogP contribution in [0, 0.1) is 0 Å². The summed E-state index contributed by atoms with van der Waals surface area (Å²) in [6.07, 6.45) is 3.54. The number of nitrogens with zero attached hydrogens (tertiary/aromatic N) is 4. The van der Waals surface area contributed by atoms with Crippen LogP contribution in [0.4, 0.5) is 0 Å². The summed E-state index contributed by atoms with van der Waals surface area (Å²) in [5, 5.41) is 3.99. The van der Waals surface area contributed by atoms with Crippen molar-refractivity contribution in [2.45, 2.75) is 18.9 Å². The zero-order valence-electron chi connectivity index (χ0n) is 12.0. The van der Waals surface area contributed by atoms with Crippen LogP contribution in [0.15, 0.2) is 47.2 Å². The van der Waals surface area contributed by atoms with Gasteiger partial charge in [0.2, 0.25) is 11.7 Å². The second-order valence-corrected chi connectivity index (χ2v) is 5.04. The third kappa shape index (κ3) is 2.57. The molecule has 0 saturated carbocycles. The molecule has 21 heavy (non-hydrogen) atoms. The Morgan fingerprint density at radius 2 is 2.00 bits per heavy atom. The average molecular weight is 283 g/mol. The molecule has 0 aliphatic carbocycles. The van der Waals surface area contributed by atoms with Gasteiger partial charge in [-0.3, -0.25) is 0 Å². The normalized spacial score (nSPS) is 14.0. The van der Waals surface area contributed by atoms with E-state index < -0.39 is 0 Å². The number of aryl methyl sites for hydroxylation is 1. The van der Waals surface area contributed by atoms with E-state index in [0.717, 1.165) is 5.56 Å². The zero-order valence-corrected chi connectivity index (χ0v) is 12.0. The minimum Gasteiger partial charge on any atom is -0.338 e. The number of benzene rings is 1. The molecule has 1 aromatic carbocycles. The largest absolute Gasteiger partial charge is 0.338 e. The molecular weight excluding hydrogens is 266 g/mol. The number of nitrogens with two attached hydrogens (primary N) is 1. The molecule has 2 atom stereocenters. The molecule has 108 valence electrons. The van der Waals surface area contributed by atoms with Crippen molar-refractivity contribution < 1.29 is 4.52 Å². The second kappa shape index (κ2) is 5.49. The van der Waals surface area contributed by atoms with Gasteiger partial charge in [-0.15, -0.1) is 0 Å². The molecule has 3 aromatic rings. The number of aromatic nitrogens is 4. The van der Waals surface area contributed by atoms with Crippen molar-refractivity contribution in [2.24, 2.45) is 12.8 Å². The first kappa shape index (κ1) is 13.5. The minimum atomic E-state index is -0.194. The molecule has 2 aromatic heterocycles. The van der Waals surface area contributed by atoms with Crippen molar-refractivity contribution in [3.05, 3.63) is 54.2 Å². The van der Waals surface area contributed by atoms with Gasteiger partial charge < -0.3 is 14.8 Å². The maximum absolute atomic E-state index is 6.28. The van der Waals surface area contributed by atoms with Crippen molar-refractivity contribution in [3.8, 4) is 11.6 Å². The predicted octanol–water partition coefficient (Wildman–Crippen LogP) is 2.27. The molecule has 0 amide bonds. The van der Waals surface area contributed by atoms with Crippen LogP contribution in [0.2, 0.25) is 0 Å². The van der Waals surface area contributed by atoms with Crippen LogP contribution >= 0.6 is 0 Å². The first-order chi connectivity index (χ1) is 10.2. The maximum Gasteiger partial charge on any atom is 0.238 e. The highest BCUT2D eigenvalue weighted by Gasteiger charge is 2.23. The third-order valence-corrected chi connectivity index (χ3v) is 3.58. The average Bonchev–Trinajstić information content (AvgIpc) is 3.15. The fraction of sp³-hybridized carbons (Fsp3) is 0.267. The highest BCUT2D eigenvalue weighted by molar-refractivity contribution is 5.42. The topological polar surface area (TPSA) is 82.8 Å². The summed E-state index contributed by atoms with van der Waals surface area (Å²) in [4.78, 5) is 8.63. The van der Waals surface area contributed by atoms with Crippen molar-refractivity contribution in [1.29, 1.82) is 0 Å². The lowest BCUT2D eigenvalue weighted by Gasteiger charge is -2.16. The highest BCUT2D eigenvalue weighted by atomic mass is 16.5. The van der Waals surface area contributed by atoms with Crippen LogP contribution in [0.1, 0.15) is 30.3 Å². The quantitative estimate of drug-likeness (QED) is 0.794. The fourth-order valence-corrected chi connectivity index (χ4v) is 2.21. The molecule has 0 spiro atoms. The van der Waals surface area contributed by atoms with Gasteiger partial charge in [0.25, 0.3) is 0 Å². The van der Waals surface area contributed by atoms with E-state index in [0.29, 0.717) is 17.5 Å². The Hall–Kier alpha value is -2.47. The zero-order chi connectivity index (χ0) is 14.8. The van der Waals surface area contributed by atoms with Gasteiger partial charge in [0.15, 0.2) is 5.82 Å². The van der Waals surface area contributed by atoms with Gasteiger partial charge in [-0.1, -0.05) is 42.4 Å². The lowest BCUT2D eigenvalue weighted by Crippen LogP contribution is -2.17. The SMILES string of the molecule is CC(c1nc(-c2nccn2C)no1)C(N)c1ccccc1. The Kier molecular flexibility index (Phi) is 3.53. The van der Waals surface area contributed by atoms with Gasteiger partial charge in [-0.25, -0.2) is 4.98 Å². The molecule has 0 aliphatic rings. The summed E-state index contributed by atoms with van der Waals surface area (Å²) in [5.41, 5.74) is 7.32. The third-order valence-electron chi connectivity index (χ3n) is 3.58. The first-order valence-corrected chi connectivity index (χ1v) is 6.78. The Balaban J connectivity index is 1.85. The summed E-state index contributed by atoms with van der Waals surface area (Å²) >= 11 is 0. The maximum atomic E-state index is 6.28. The number of imidazole rings is 1. The Labute approximate surface area is 122 Å². The summed E-state index contributed by atoms with van der Waals surface area (Å²) < 4.78 is 7.20. The standard InChI is InChI=1S/C15H17N5O/c1-10(12(16)11-6-4-3-5-7-11)15-18-13(19-21-15)14-17-8-9-20(14)2/h3-10,12H,16H2,1-2H3. The Bertz CT molecular complexity index is 719. The van der Waals surface area contributed by atoms with Crippen molar-refractivity contribution >= 4 is 0 Å². The van der Waals surface area contributed by atoms with Crippen LogP contribution in [-0.2, 0) is 7.05 Å². The molecule has 2 heterocycles. The Morgan fingerprint density at radius 1 is 1.24 bits per heavy atom.